The summed E-state index contributed by atoms with van der Waals surface area (Å²) >= 11 is 0. The lowest BCUT2D eigenvalue weighted by Gasteiger charge is -2.48. The van der Waals surface area contributed by atoms with Crippen molar-refractivity contribution in [3.63, 3.8) is 0 Å². The van der Waals surface area contributed by atoms with Crippen molar-refractivity contribution < 1.29 is 23.4 Å². The molecule has 8 nitrogen and oxygen atoms in total. The fraction of sp³-hybridized carbons (Fsp3) is 0.528. The average molecular weight is 630 g/mol. The standard InChI is InChI=1S/C36H41F2N5O3/c1-2-25-28(37)8-7-23-17-24(44)18-26(29(23)25)31-30(38)32-27(19-39-31)33(43-15-6-9-36(21-43)12-16-46-36)41-34(40-32)45-22-35(10-11-35)20-42-13-4-3-5-14-42/h7-8,17-19,44H,2-6,9-16,20-22H2,1H3/t36-/m0/s1. The Bertz CT molecular complexity index is 1800. The van der Waals surface area contributed by atoms with E-state index in [1.165, 1.54) is 31.4 Å². The van der Waals surface area contributed by atoms with Crippen molar-refractivity contribution in [3.05, 3.63) is 47.7 Å². The normalized spacial score (nSPS) is 22.8. The van der Waals surface area contributed by atoms with Gasteiger partial charge in [0.25, 0.3) is 0 Å². The molecule has 3 aliphatic heterocycles. The first-order valence-electron chi connectivity index (χ1n) is 16.9. The predicted octanol–water partition coefficient (Wildman–Crippen LogP) is 6.80. The second-order valence-electron chi connectivity index (χ2n) is 13.9. The van der Waals surface area contributed by atoms with Crippen molar-refractivity contribution in [1.29, 1.82) is 0 Å². The number of aromatic nitrogens is 3. The predicted molar refractivity (Wildman–Crippen MR) is 173 cm³/mol. The lowest BCUT2D eigenvalue weighted by atomic mass is 9.86. The number of likely N-dealkylation sites (tertiary alicyclic amines) is 1. The van der Waals surface area contributed by atoms with E-state index in [2.05, 4.69) is 19.8 Å². The van der Waals surface area contributed by atoms with Gasteiger partial charge in [-0.2, -0.15) is 9.97 Å². The van der Waals surface area contributed by atoms with Crippen LogP contribution in [0.5, 0.6) is 11.8 Å². The summed E-state index contributed by atoms with van der Waals surface area (Å²) in [6.45, 7) is 7.78. The van der Waals surface area contributed by atoms with Gasteiger partial charge in [0.2, 0.25) is 0 Å². The molecule has 1 aliphatic carbocycles. The molecule has 0 unspecified atom stereocenters. The SMILES string of the molecule is CCc1c(F)ccc2cc(O)cc(-c3ncc4c(N5CCC[C@]6(CCO6)C5)nc(OCC5(CN6CCCCC6)CC5)nc4c3F)c12. The minimum Gasteiger partial charge on any atom is -0.508 e. The Labute approximate surface area is 267 Å². The first kappa shape index (κ1) is 29.8. The Morgan fingerprint density at radius 1 is 1.00 bits per heavy atom. The van der Waals surface area contributed by atoms with Gasteiger partial charge >= 0.3 is 6.01 Å². The molecule has 8 rings (SSSR count). The number of halogens is 2. The number of rotatable bonds is 8. The van der Waals surface area contributed by atoms with E-state index in [4.69, 9.17) is 14.5 Å². The smallest absolute Gasteiger partial charge is 0.319 e. The zero-order valence-corrected chi connectivity index (χ0v) is 26.5. The summed E-state index contributed by atoms with van der Waals surface area (Å²) in [5.41, 5.74) is 0.760. The number of fused-ring (bicyclic) bond motifs is 2. The maximum absolute atomic E-state index is 16.9. The lowest BCUT2D eigenvalue weighted by Crippen LogP contribution is -2.56. The molecule has 1 saturated carbocycles. The van der Waals surface area contributed by atoms with E-state index >= 15 is 4.39 Å². The highest BCUT2D eigenvalue weighted by Crippen LogP contribution is 2.47. The van der Waals surface area contributed by atoms with Crippen molar-refractivity contribution in [2.24, 2.45) is 5.41 Å². The number of pyridine rings is 1. The number of aryl methyl sites for hydroxylation is 1. The summed E-state index contributed by atoms with van der Waals surface area (Å²) in [6, 6.07) is 6.16. The third-order valence-corrected chi connectivity index (χ3v) is 10.7. The number of piperidine rings is 2. The van der Waals surface area contributed by atoms with Crippen LogP contribution in [0.15, 0.2) is 30.5 Å². The molecule has 2 aromatic carbocycles. The van der Waals surface area contributed by atoms with Gasteiger partial charge in [-0.15, -0.1) is 0 Å². The van der Waals surface area contributed by atoms with E-state index in [0.717, 1.165) is 64.9 Å². The molecule has 0 bridgehead atoms. The molecular weight excluding hydrogens is 588 g/mol. The Morgan fingerprint density at radius 3 is 2.57 bits per heavy atom. The first-order chi connectivity index (χ1) is 22.4. The number of phenols is 1. The van der Waals surface area contributed by atoms with Crippen molar-refractivity contribution in [2.45, 2.75) is 70.3 Å². The first-order valence-corrected chi connectivity index (χ1v) is 16.9. The number of hydrogen-bond donors (Lipinski definition) is 1. The van der Waals surface area contributed by atoms with Gasteiger partial charge in [-0.05, 0) is 92.6 Å². The molecule has 46 heavy (non-hydrogen) atoms. The molecule has 4 fully saturated rings. The molecule has 1 N–H and O–H groups in total. The topological polar surface area (TPSA) is 83.8 Å². The summed E-state index contributed by atoms with van der Waals surface area (Å²) in [5.74, 6) is -0.480. The molecule has 0 radical (unpaired) electrons. The summed E-state index contributed by atoms with van der Waals surface area (Å²) in [4.78, 5) is 18.9. The molecule has 2 aromatic heterocycles. The highest BCUT2D eigenvalue weighted by atomic mass is 19.1. The Balaban J connectivity index is 1.22. The van der Waals surface area contributed by atoms with Gasteiger partial charge in [-0.3, -0.25) is 4.98 Å². The van der Waals surface area contributed by atoms with E-state index in [1.807, 2.05) is 6.92 Å². The van der Waals surface area contributed by atoms with Crippen LogP contribution in [0.25, 0.3) is 32.9 Å². The highest BCUT2D eigenvalue weighted by Gasteiger charge is 2.46. The van der Waals surface area contributed by atoms with Gasteiger partial charge < -0.3 is 24.4 Å². The van der Waals surface area contributed by atoms with Crippen LogP contribution in [-0.4, -0.2) is 76.5 Å². The minimum absolute atomic E-state index is 0.00509. The van der Waals surface area contributed by atoms with Gasteiger partial charge in [0.1, 0.15) is 28.6 Å². The van der Waals surface area contributed by atoms with E-state index in [-0.39, 0.29) is 39.8 Å². The number of ether oxygens (including phenoxy) is 2. The maximum atomic E-state index is 16.9. The van der Waals surface area contributed by atoms with Crippen LogP contribution < -0.4 is 9.64 Å². The zero-order chi connectivity index (χ0) is 31.5. The molecule has 4 aliphatic rings. The van der Waals surface area contributed by atoms with Gasteiger partial charge in [-0.1, -0.05) is 19.4 Å². The van der Waals surface area contributed by atoms with Crippen LogP contribution in [0.1, 0.15) is 63.9 Å². The van der Waals surface area contributed by atoms with Gasteiger partial charge in [-0.25, -0.2) is 8.78 Å². The number of hydrogen-bond acceptors (Lipinski definition) is 8. The van der Waals surface area contributed by atoms with Crippen LogP contribution in [0.3, 0.4) is 0 Å². The molecule has 3 saturated heterocycles. The molecular formula is C36H41F2N5O3. The number of aromatic hydroxyl groups is 1. The second-order valence-corrected chi connectivity index (χ2v) is 13.9. The van der Waals surface area contributed by atoms with Crippen LogP contribution in [0.2, 0.25) is 0 Å². The molecule has 1 spiro atoms. The highest BCUT2D eigenvalue weighted by molar-refractivity contribution is 6.01. The van der Waals surface area contributed by atoms with Gasteiger partial charge in [0, 0.05) is 43.2 Å². The third kappa shape index (κ3) is 5.33. The fourth-order valence-electron chi connectivity index (χ4n) is 7.87. The van der Waals surface area contributed by atoms with Gasteiger partial charge in [0.15, 0.2) is 5.82 Å². The van der Waals surface area contributed by atoms with Crippen LogP contribution in [-0.2, 0) is 11.2 Å². The molecule has 4 aromatic rings. The number of anilines is 1. The van der Waals surface area contributed by atoms with E-state index in [1.54, 1.807) is 18.3 Å². The van der Waals surface area contributed by atoms with Gasteiger partial charge in [0.05, 0.1) is 24.2 Å². The average Bonchev–Trinajstić information content (AvgIpc) is 3.82. The van der Waals surface area contributed by atoms with Crippen molar-refractivity contribution in [2.75, 3.05) is 50.8 Å². The molecule has 10 heteroatoms. The Morgan fingerprint density at radius 2 is 1.83 bits per heavy atom. The molecule has 242 valence electrons. The summed E-state index contributed by atoms with van der Waals surface area (Å²) in [5, 5.41) is 12.2. The molecule has 0 amide bonds. The third-order valence-electron chi connectivity index (χ3n) is 10.7. The Kier molecular flexibility index (Phi) is 7.48. The fourth-order valence-corrected chi connectivity index (χ4v) is 7.87. The Hall–Kier alpha value is -3.63. The van der Waals surface area contributed by atoms with E-state index < -0.39 is 5.82 Å². The number of benzene rings is 2. The maximum Gasteiger partial charge on any atom is 0.319 e. The second kappa shape index (κ2) is 11.6. The summed E-state index contributed by atoms with van der Waals surface area (Å²) in [6.07, 6.45) is 10.9. The largest absolute Gasteiger partial charge is 0.508 e. The lowest BCUT2D eigenvalue weighted by molar-refractivity contribution is -0.151. The minimum atomic E-state index is -0.648. The van der Waals surface area contributed by atoms with E-state index in [0.29, 0.717) is 52.7 Å². The van der Waals surface area contributed by atoms with Crippen molar-refractivity contribution in [1.82, 2.24) is 19.9 Å². The van der Waals surface area contributed by atoms with E-state index in [9.17, 15) is 9.50 Å². The van der Waals surface area contributed by atoms with Crippen LogP contribution in [0, 0.1) is 17.0 Å². The summed E-state index contributed by atoms with van der Waals surface area (Å²) < 4.78 is 44.3. The molecule has 1 atom stereocenters. The summed E-state index contributed by atoms with van der Waals surface area (Å²) in [7, 11) is 0. The van der Waals surface area contributed by atoms with Crippen molar-refractivity contribution >= 4 is 27.5 Å². The number of nitrogens with zero attached hydrogens (tertiary/aromatic N) is 5. The monoisotopic (exact) mass is 629 g/mol. The van der Waals surface area contributed by atoms with Crippen LogP contribution >= 0.6 is 0 Å². The number of phenolic OH excluding ortho intramolecular Hbond substituents is 1. The van der Waals surface area contributed by atoms with Crippen LogP contribution in [0.4, 0.5) is 14.6 Å². The quantitative estimate of drug-likeness (QED) is 0.228. The molecule has 5 heterocycles. The zero-order valence-electron chi connectivity index (χ0n) is 26.5. The van der Waals surface area contributed by atoms with Crippen molar-refractivity contribution in [3.8, 4) is 23.0 Å².